The predicted molar refractivity (Wildman–Crippen MR) is 71.0 cm³/mol. The number of nitrogens with zero attached hydrogens (tertiary/aromatic N) is 3. The van der Waals surface area contributed by atoms with Gasteiger partial charge >= 0.3 is 5.69 Å². The maximum absolute atomic E-state index is 12.2. The molecule has 0 bridgehead atoms. The van der Waals surface area contributed by atoms with Crippen molar-refractivity contribution in [1.29, 1.82) is 0 Å². The van der Waals surface area contributed by atoms with E-state index in [1.165, 1.54) is 0 Å². The van der Waals surface area contributed by atoms with E-state index in [9.17, 15) is 9.59 Å². The average molecular weight is 267 g/mol. The number of piperazine rings is 1. The van der Waals surface area contributed by atoms with Crippen molar-refractivity contribution in [3.05, 3.63) is 16.3 Å². The summed E-state index contributed by atoms with van der Waals surface area (Å²) in [6.07, 6.45) is 0.999. The number of amides is 1. The summed E-state index contributed by atoms with van der Waals surface area (Å²) in [5.41, 5.74) is -0.448. The van der Waals surface area contributed by atoms with E-state index >= 15 is 0 Å². The van der Waals surface area contributed by atoms with Gasteiger partial charge in [0.2, 0.25) is 5.82 Å². The van der Waals surface area contributed by atoms with Gasteiger partial charge in [-0.25, -0.2) is 9.89 Å². The lowest BCUT2D eigenvalue weighted by Crippen LogP contribution is -2.56. The summed E-state index contributed by atoms with van der Waals surface area (Å²) in [6.45, 7) is 8.68. The third-order valence-corrected chi connectivity index (χ3v) is 3.65. The van der Waals surface area contributed by atoms with E-state index in [4.69, 9.17) is 0 Å². The number of aromatic nitrogens is 3. The van der Waals surface area contributed by atoms with Crippen LogP contribution in [0.5, 0.6) is 0 Å². The molecule has 1 atom stereocenters. The Kier molecular flexibility index (Phi) is 4.04. The summed E-state index contributed by atoms with van der Waals surface area (Å²) in [5.74, 6) is -0.113. The molecule has 2 N–H and O–H groups in total. The number of hydrogen-bond donors (Lipinski definition) is 2. The quantitative estimate of drug-likeness (QED) is 0.810. The fraction of sp³-hybridized carbons (Fsp3) is 0.750. The van der Waals surface area contributed by atoms with Crippen LogP contribution in [0.3, 0.4) is 0 Å². The molecule has 2 rings (SSSR count). The van der Waals surface area contributed by atoms with E-state index in [-0.39, 0.29) is 11.7 Å². The minimum absolute atomic E-state index is 0.0952. The molecule has 1 aromatic rings. The van der Waals surface area contributed by atoms with Crippen LogP contribution in [-0.4, -0.2) is 62.6 Å². The molecule has 1 unspecified atom stereocenters. The summed E-state index contributed by atoms with van der Waals surface area (Å²) < 4.78 is 0. The predicted octanol–water partition coefficient (Wildman–Crippen LogP) is 0.0428. The van der Waals surface area contributed by atoms with Crippen LogP contribution in [0, 0.1) is 0 Å². The SMILES string of the molecule is CCC1CN(C(=O)c2n[nH]c(=O)[nH]2)CCN1C(C)C. The smallest absolute Gasteiger partial charge is 0.333 e. The maximum Gasteiger partial charge on any atom is 0.341 e. The zero-order valence-corrected chi connectivity index (χ0v) is 11.6. The van der Waals surface area contributed by atoms with Crippen molar-refractivity contribution in [2.45, 2.75) is 39.3 Å². The third-order valence-electron chi connectivity index (χ3n) is 3.65. The lowest BCUT2D eigenvalue weighted by atomic mass is 10.1. The van der Waals surface area contributed by atoms with Gasteiger partial charge in [-0.3, -0.25) is 14.7 Å². The Morgan fingerprint density at radius 1 is 1.47 bits per heavy atom. The van der Waals surface area contributed by atoms with Crippen LogP contribution >= 0.6 is 0 Å². The first-order valence-electron chi connectivity index (χ1n) is 6.72. The molecule has 0 saturated carbocycles. The van der Waals surface area contributed by atoms with Crippen molar-refractivity contribution in [2.75, 3.05) is 19.6 Å². The lowest BCUT2D eigenvalue weighted by Gasteiger charge is -2.43. The van der Waals surface area contributed by atoms with E-state index in [0.29, 0.717) is 25.2 Å². The van der Waals surface area contributed by atoms with Gasteiger partial charge in [-0.1, -0.05) is 6.92 Å². The molecule has 19 heavy (non-hydrogen) atoms. The summed E-state index contributed by atoms with van der Waals surface area (Å²) in [6, 6.07) is 0.843. The summed E-state index contributed by atoms with van der Waals surface area (Å²) in [7, 11) is 0. The standard InChI is InChI=1S/C12H21N5O2/c1-4-9-7-16(5-6-17(9)8(2)3)11(18)10-13-12(19)15-14-10/h8-9H,4-7H2,1-3H3,(H2,13,14,15,19). The van der Waals surface area contributed by atoms with Crippen molar-refractivity contribution in [3.63, 3.8) is 0 Å². The van der Waals surface area contributed by atoms with Gasteiger partial charge < -0.3 is 4.90 Å². The van der Waals surface area contributed by atoms with Gasteiger partial charge in [0.1, 0.15) is 0 Å². The molecule has 1 aliphatic rings. The number of aromatic amines is 2. The lowest BCUT2D eigenvalue weighted by molar-refractivity contribution is 0.0363. The molecule has 106 valence electrons. The van der Waals surface area contributed by atoms with Crippen LogP contribution < -0.4 is 5.69 Å². The van der Waals surface area contributed by atoms with Crippen molar-refractivity contribution in [2.24, 2.45) is 0 Å². The Labute approximate surface area is 112 Å². The summed E-state index contributed by atoms with van der Waals surface area (Å²) in [4.78, 5) is 29.8. The van der Waals surface area contributed by atoms with Gasteiger partial charge in [0.15, 0.2) is 0 Å². The molecule has 7 heteroatoms. The van der Waals surface area contributed by atoms with Crippen molar-refractivity contribution >= 4 is 5.91 Å². The molecule has 0 radical (unpaired) electrons. The van der Waals surface area contributed by atoms with Gasteiger partial charge in [0.25, 0.3) is 5.91 Å². The topological polar surface area (TPSA) is 85.1 Å². The van der Waals surface area contributed by atoms with Gasteiger partial charge in [-0.2, -0.15) is 0 Å². The molecule has 1 aliphatic heterocycles. The minimum Gasteiger partial charge on any atom is -0.333 e. The summed E-state index contributed by atoms with van der Waals surface area (Å²) >= 11 is 0. The van der Waals surface area contributed by atoms with Gasteiger partial charge in [0, 0.05) is 31.7 Å². The van der Waals surface area contributed by atoms with E-state index in [1.807, 2.05) is 0 Å². The Morgan fingerprint density at radius 3 is 2.74 bits per heavy atom. The largest absolute Gasteiger partial charge is 0.341 e. The van der Waals surface area contributed by atoms with Crippen LogP contribution in [0.4, 0.5) is 0 Å². The number of nitrogens with one attached hydrogen (secondary N) is 2. The highest BCUT2D eigenvalue weighted by atomic mass is 16.2. The zero-order chi connectivity index (χ0) is 14.0. The second-order valence-electron chi connectivity index (χ2n) is 5.17. The minimum atomic E-state index is -0.448. The van der Waals surface area contributed by atoms with Crippen molar-refractivity contribution in [1.82, 2.24) is 25.0 Å². The molecule has 2 heterocycles. The molecule has 0 spiro atoms. The highest BCUT2D eigenvalue weighted by Gasteiger charge is 2.31. The highest BCUT2D eigenvalue weighted by Crippen LogP contribution is 2.16. The number of rotatable bonds is 3. The van der Waals surface area contributed by atoms with Crippen molar-refractivity contribution < 1.29 is 4.79 Å². The van der Waals surface area contributed by atoms with E-state index in [2.05, 4.69) is 40.9 Å². The second-order valence-corrected chi connectivity index (χ2v) is 5.17. The van der Waals surface area contributed by atoms with Crippen LogP contribution in [0.2, 0.25) is 0 Å². The van der Waals surface area contributed by atoms with Gasteiger partial charge in [-0.15, -0.1) is 5.10 Å². The summed E-state index contributed by atoms with van der Waals surface area (Å²) in [5, 5.41) is 5.92. The molecular weight excluding hydrogens is 246 g/mol. The fourth-order valence-corrected chi connectivity index (χ4v) is 2.62. The van der Waals surface area contributed by atoms with Crippen LogP contribution in [0.15, 0.2) is 4.79 Å². The van der Waals surface area contributed by atoms with Crippen LogP contribution in [0.1, 0.15) is 37.8 Å². The number of hydrogen-bond acceptors (Lipinski definition) is 4. The Hall–Kier alpha value is -1.63. The molecule has 1 amide bonds. The van der Waals surface area contributed by atoms with E-state index in [1.54, 1.807) is 4.90 Å². The van der Waals surface area contributed by atoms with E-state index in [0.717, 1.165) is 13.0 Å². The van der Waals surface area contributed by atoms with Crippen LogP contribution in [-0.2, 0) is 0 Å². The first kappa shape index (κ1) is 13.8. The van der Waals surface area contributed by atoms with Crippen molar-refractivity contribution in [3.8, 4) is 0 Å². The zero-order valence-electron chi connectivity index (χ0n) is 11.6. The second kappa shape index (κ2) is 5.56. The van der Waals surface area contributed by atoms with Gasteiger partial charge in [0.05, 0.1) is 0 Å². The average Bonchev–Trinajstić information content (AvgIpc) is 2.83. The number of carbonyl (C=O) groups excluding carboxylic acids is 1. The molecule has 1 aromatic heterocycles. The normalized spacial score (nSPS) is 21.1. The fourth-order valence-electron chi connectivity index (χ4n) is 2.62. The number of carbonyl (C=O) groups is 1. The molecule has 1 saturated heterocycles. The monoisotopic (exact) mass is 267 g/mol. The molecule has 0 aliphatic carbocycles. The Morgan fingerprint density at radius 2 is 2.21 bits per heavy atom. The third kappa shape index (κ3) is 2.86. The first-order valence-corrected chi connectivity index (χ1v) is 6.72. The van der Waals surface area contributed by atoms with Gasteiger partial charge in [-0.05, 0) is 20.3 Å². The molecule has 7 nitrogen and oxygen atoms in total. The molecule has 1 fully saturated rings. The van der Waals surface area contributed by atoms with Crippen LogP contribution in [0.25, 0.3) is 0 Å². The first-order chi connectivity index (χ1) is 9.02. The highest BCUT2D eigenvalue weighted by molar-refractivity contribution is 5.90. The molecule has 0 aromatic carbocycles. The van der Waals surface area contributed by atoms with E-state index < -0.39 is 5.69 Å². The number of H-pyrrole nitrogens is 2. The Balaban J connectivity index is 2.07. The Bertz CT molecular complexity index is 492. The molecular formula is C12H21N5O2. The maximum atomic E-state index is 12.2.